The van der Waals surface area contributed by atoms with Crippen molar-refractivity contribution in [2.45, 2.75) is 59.3 Å². The van der Waals surface area contributed by atoms with E-state index in [1.165, 1.54) is 16.7 Å². The van der Waals surface area contributed by atoms with E-state index < -0.39 is 0 Å². The van der Waals surface area contributed by atoms with Crippen LogP contribution < -0.4 is 0 Å². The van der Waals surface area contributed by atoms with Gasteiger partial charge in [0, 0.05) is 13.2 Å². The third-order valence-electron chi connectivity index (χ3n) is 4.42. The van der Waals surface area contributed by atoms with Crippen molar-refractivity contribution in [3.05, 3.63) is 34.9 Å². The summed E-state index contributed by atoms with van der Waals surface area (Å²) >= 11 is 0. The van der Waals surface area contributed by atoms with Gasteiger partial charge in [-0.1, -0.05) is 34.9 Å². The van der Waals surface area contributed by atoms with E-state index >= 15 is 0 Å². The van der Waals surface area contributed by atoms with Gasteiger partial charge in [0.15, 0.2) is 0 Å². The first-order chi connectivity index (χ1) is 10.1. The lowest BCUT2D eigenvalue weighted by Crippen LogP contribution is -2.25. The maximum Gasteiger partial charge on any atom is 0.0465 e. The van der Waals surface area contributed by atoms with Crippen molar-refractivity contribution < 1.29 is 10.2 Å². The SMILES string of the molecule is CC(C)=CCC/C(C)=C\CCC1=CCC(CO)C(CO)C1. The zero-order valence-corrected chi connectivity index (χ0v) is 13.9. The molecule has 0 bridgehead atoms. The molecular formula is C19H32O2. The summed E-state index contributed by atoms with van der Waals surface area (Å²) in [6, 6.07) is 0. The minimum Gasteiger partial charge on any atom is -0.396 e. The van der Waals surface area contributed by atoms with Crippen molar-refractivity contribution in [2.75, 3.05) is 13.2 Å². The molecule has 0 radical (unpaired) electrons. The molecule has 120 valence electrons. The average molecular weight is 292 g/mol. The first-order valence-corrected chi connectivity index (χ1v) is 8.25. The Morgan fingerprint density at radius 3 is 2.43 bits per heavy atom. The molecule has 1 rings (SSSR count). The van der Waals surface area contributed by atoms with Crippen LogP contribution in [0.15, 0.2) is 34.9 Å². The van der Waals surface area contributed by atoms with Crippen LogP contribution in [0.1, 0.15) is 59.3 Å². The standard InChI is InChI=1S/C19H32O2/c1-15(2)6-4-7-16(3)8-5-9-17-10-11-18(13-20)19(12-17)14-21/h6,8,10,18-21H,4-5,7,9,11-14H2,1-3H3/b16-8-. The van der Waals surface area contributed by atoms with Crippen LogP contribution >= 0.6 is 0 Å². The van der Waals surface area contributed by atoms with Gasteiger partial charge in [-0.2, -0.15) is 0 Å². The molecule has 21 heavy (non-hydrogen) atoms. The first-order valence-electron chi connectivity index (χ1n) is 8.25. The second kappa shape index (κ2) is 9.97. The van der Waals surface area contributed by atoms with Gasteiger partial charge in [0.2, 0.25) is 0 Å². The van der Waals surface area contributed by atoms with Gasteiger partial charge in [-0.15, -0.1) is 0 Å². The Bertz CT molecular complexity index is 386. The molecule has 2 heteroatoms. The maximum absolute atomic E-state index is 9.41. The summed E-state index contributed by atoms with van der Waals surface area (Å²) in [5, 5.41) is 18.7. The van der Waals surface area contributed by atoms with E-state index in [1.54, 1.807) is 0 Å². The largest absolute Gasteiger partial charge is 0.396 e. The molecule has 2 nitrogen and oxygen atoms in total. The van der Waals surface area contributed by atoms with Gasteiger partial charge in [0.25, 0.3) is 0 Å². The van der Waals surface area contributed by atoms with Crippen molar-refractivity contribution in [1.29, 1.82) is 0 Å². The highest BCUT2D eigenvalue weighted by Crippen LogP contribution is 2.31. The fraction of sp³-hybridized carbons (Fsp3) is 0.684. The van der Waals surface area contributed by atoms with E-state index in [0.717, 1.165) is 38.5 Å². The molecule has 0 saturated heterocycles. The lowest BCUT2D eigenvalue weighted by Gasteiger charge is -2.28. The molecule has 0 aromatic carbocycles. The molecule has 2 atom stereocenters. The number of hydrogen-bond acceptors (Lipinski definition) is 2. The topological polar surface area (TPSA) is 40.5 Å². The Balaban J connectivity index is 2.35. The highest BCUT2D eigenvalue weighted by atomic mass is 16.3. The van der Waals surface area contributed by atoms with Gasteiger partial charge in [0.05, 0.1) is 0 Å². The van der Waals surface area contributed by atoms with E-state index in [9.17, 15) is 10.2 Å². The fourth-order valence-corrected chi connectivity index (χ4v) is 2.93. The molecular weight excluding hydrogens is 260 g/mol. The van der Waals surface area contributed by atoms with Gasteiger partial charge in [-0.05, 0) is 71.1 Å². The zero-order valence-electron chi connectivity index (χ0n) is 13.9. The molecule has 0 aromatic heterocycles. The van der Waals surface area contributed by atoms with Crippen molar-refractivity contribution in [2.24, 2.45) is 11.8 Å². The third-order valence-corrected chi connectivity index (χ3v) is 4.42. The Hall–Kier alpha value is -0.860. The summed E-state index contributed by atoms with van der Waals surface area (Å²) in [6.07, 6.45) is 13.3. The van der Waals surface area contributed by atoms with Crippen LogP contribution in [0.4, 0.5) is 0 Å². The summed E-state index contributed by atoms with van der Waals surface area (Å²) in [6.45, 7) is 6.89. The Morgan fingerprint density at radius 1 is 1.10 bits per heavy atom. The minimum atomic E-state index is 0.193. The lowest BCUT2D eigenvalue weighted by molar-refractivity contribution is 0.115. The van der Waals surface area contributed by atoms with Gasteiger partial charge in [-0.25, -0.2) is 0 Å². The number of aliphatic hydroxyl groups excluding tert-OH is 2. The van der Waals surface area contributed by atoms with E-state index in [1.807, 2.05) is 0 Å². The predicted molar refractivity (Wildman–Crippen MR) is 90.1 cm³/mol. The summed E-state index contributed by atoms with van der Waals surface area (Å²) in [5.41, 5.74) is 4.31. The van der Waals surface area contributed by atoms with Crippen LogP contribution in [0.2, 0.25) is 0 Å². The van der Waals surface area contributed by atoms with Gasteiger partial charge in [-0.3, -0.25) is 0 Å². The maximum atomic E-state index is 9.41. The summed E-state index contributed by atoms with van der Waals surface area (Å²) in [4.78, 5) is 0. The Kier molecular flexibility index (Phi) is 8.63. The van der Waals surface area contributed by atoms with Gasteiger partial charge in [0.1, 0.15) is 0 Å². The highest BCUT2D eigenvalue weighted by Gasteiger charge is 2.24. The van der Waals surface area contributed by atoms with E-state index in [4.69, 9.17) is 0 Å². The van der Waals surface area contributed by atoms with E-state index in [-0.39, 0.29) is 25.0 Å². The van der Waals surface area contributed by atoms with Crippen molar-refractivity contribution >= 4 is 0 Å². The highest BCUT2D eigenvalue weighted by molar-refractivity contribution is 5.11. The quantitative estimate of drug-likeness (QED) is 0.651. The molecule has 0 saturated carbocycles. The molecule has 0 spiro atoms. The Morgan fingerprint density at radius 2 is 1.81 bits per heavy atom. The van der Waals surface area contributed by atoms with Crippen molar-refractivity contribution in [1.82, 2.24) is 0 Å². The molecule has 2 unspecified atom stereocenters. The van der Waals surface area contributed by atoms with Crippen LogP contribution in [-0.4, -0.2) is 23.4 Å². The van der Waals surface area contributed by atoms with Gasteiger partial charge < -0.3 is 10.2 Å². The molecule has 0 aromatic rings. The second-order valence-electron chi connectivity index (χ2n) is 6.60. The predicted octanol–water partition coefficient (Wildman–Crippen LogP) is 4.40. The molecule has 2 N–H and O–H groups in total. The minimum absolute atomic E-state index is 0.193. The van der Waals surface area contributed by atoms with Crippen LogP contribution in [0.5, 0.6) is 0 Å². The van der Waals surface area contributed by atoms with Crippen LogP contribution in [0.3, 0.4) is 0 Å². The molecule has 0 aliphatic heterocycles. The Labute approximate surface area is 130 Å². The van der Waals surface area contributed by atoms with Crippen molar-refractivity contribution in [3.8, 4) is 0 Å². The number of hydrogen-bond donors (Lipinski definition) is 2. The third kappa shape index (κ3) is 7.10. The van der Waals surface area contributed by atoms with Crippen LogP contribution in [0.25, 0.3) is 0 Å². The summed E-state index contributed by atoms with van der Waals surface area (Å²) in [5.74, 6) is 0.498. The molecule has 1 aliphatic rings. The number of allylic oxidation sites excluding steroid dienone is 6. The summed E-state index contributed by atoms with van der Waals surface area (Å²) in [7, 11) is 0. The molecule has 0 fully saturated rings. The normalized spacial score (nSPS) is 22.9. The molecule has 0 heterocycles. The number of aliphatic hydroxyl groups is 2. The molecule has 1 aliphatic carbocycles. The smallest absolute Gasteiger partial charge is 0.0465 e. The van der Waals surface area contributed by atoms with Crippen molar-refractivity contribution in [3.63, 3.8) is 0 Å². The average Bonchev–Trinajstić information content (AvgIpc) is 2.46. The monoisotopic (exact) mass is 292 g/mol. The summed E-state index contributed by atoms with van der Waals surface area (Å²) < 4.78 is 0. The zero-order chi connectivity index (χ0) is 15.7. The van der Waals surface area contributed by atoms with Crippen LogP contribution in [-0.2, 0) is 0 Å². The van der Waals surface area contributed by atoms with E-state index in [0.29, 0.717) is 0 Å². The second-order valence-corrected chi connectivity index (χ2v) is 6.60. The molecule has 0 amide bonds. The van der Waals surface area contributed by atoms with E-state index in [2.05, 4.69) is 39.0 Å². The lowest BCUT2D eigenvalue weighted by atomic mass is 9.79. The number of rotatable bonds is 8. The first kappa shape index (κ1) is 18.2. The van der Waals surface area contributed by atoms with Crippen LogP contribution in [0, 0.1) is 11.8 Å². The van der Waals surface area contributed by atoms with Gasteiger partial charge >= 0.3 is 0 Å². The fourth-order valence-electron chi connectivity index (χ4n) is 2.93.